The third-order valence-corrected chi connectivity index (χ3v) is 5.05. The highest BCUT2D eigenvalue weighted by Gasteiger charge is 2.44. The van der Waals surface area contributed by atoms with Gasteiger partial charge in [-0.15, -0.1) is 0 Å². The van der Waals surface area contributed by atoms with Crippen LogP contribution in [0, 0.1) is 5.92 Å². The average Bonchev–Trinajstić information content (AvgIpc) is 3.05. The number of fused-ring (bicyclic) bond motifs is 1. The molecule has 0 bridgehead atoms. The highest BCUT2D eigenvalue weighted by molar-refractivity contribution is 6.08. The van der Waals surface area contributed by atoms with Crippen molar-refractivity contribution in [1.29, 1.82) is 0 Å². The molecule has 3 N–H and O–H groups in total. The molecule has 6 heteroatoms. The Labute approximate surface area is 161 Å². The molecular formula is C22H19N3O3. The Hall–Kier alpha value is -3.67. The normalized spacial score (nSPS) is 19.0. The van der Waals surface area contributed by atoms with Crippen molar-refractivity contribution >= 4 is 34.2 Å². The number of nitrogens with one attached hydrogen (secondary N) is 1. The van der Waals surface area contributed by atoms with E-state index in [9.17, 15) is 14.4 Å². The van der Waals surface area contributed by atoms with Crippen LogP contribution in [0.5, 0.6) is 0 Å². The molecule has 3 aromatic carbocycles. The van der Waals surface area contributed by atoms with E-state index in [0.29, 0.717) is 11.3 Å². The molecule has 1 fully saturated rings. The SMILES string of the molecule is NC(=O)C1CN(c2ccccc2)C(=O)C1NC(=O)c1ccc2ccccc2c1. The number of hydrogen-bond donors (Lipinski definition) is 2. The number of benzene rings is 3. The molecule has 1 aliphatic heterocycles. The number of rotatable bonds is 4. The first-order valence-corrected chi connectivity index (χ1v) is 9.00. The Morgan fingerprint density at radius 3 is 2.32 bits per heavy atom. The van der Waals surface area contributed by atoms with E-state index in [1.165, 1.54) is 4.90 Å². The Morgan fingerprint density at radius 2 is 1.61 bits per heavy atom. The van der Waals surface area contributed by atoms with Crippen molar-refractivity contribution in [2.45, 2.75) is 6.04 Å². The molecule has 0 aliphatic carbocycles. The number of amides is 3. The molecular weight excluding hydrogens is 354 g/mol. The summed E-state index contributed by atoms with van der Waals surface area (Å²) in [4.78, 5) is 39.1. The van der Waals surface area contributed by atoms with Gasteiger partial charge in [0.2, 0.25) is 11.8 Å². The van der Waals surface area contributed by atoms with Crippen LogP contribution in [-0.4, -0.2) is 30.3 Å². The van der Waals surface area contributed by atoms with E-state index >= 15 is 0 Å². The first-order valence-electron chi connectivity index (χ1n) is 9.00. The highest BCUT2D eigenvalue weighted by Crippen LogP contribution is 2.26. The van der Waals surface area contributed by atoms with Gasteiger partial charge >= 0.3 is 0 Å². The maximum atomic E-state index is 12.9. The smallest absolute Gasteiger partial charge is 0.251 e. The van der Waals surface area contributed by atoms with E-state index in [4.69, 9.17) is 5.73 Å². The van der Waals surface area contributed by atoms with Gasteiger partial charge in [0.1, 0.15) is 6.04 Å². The minimum absolute atomic E-state index is 0.140. The van der Waals surface area contributed by atoms with Gasteiger partial charge in [0, 0.05) is 17.8 Å². The summed E-state index contributed by atoms with van der Waals surface area (Å²) in [7, 11) is 0. The maximum Gasteiger partial charge on any atom is 0.251 e. The summed E-state index contributed by atoms with van der Waals surface area (Å²) in [5.41, 5.74) is 6.60. The van der Waals surface area contributed by atoms with E-state index in [2.05, 4.69) is 5.32 Å². The minimum Gasteiger partial charge on any atom is -0.369 e. The van der Waals surface area contributed by atoms with Crippen molar-refractivity contribution in [2.24, 2.45) is 11.7 Å². The van der Waals surface area contributed by atoms with Crippen LogP contribution in [0.1, 0.15) is 10.4 Å². The molecule has 3 aromatic rings. The second-order valence-corrected chi connectivity index (χ2v) is 6.81. The maximum absolute atomic E-state index is 12.9. The van der Waals surface area contributed by atoms with Crippen LogP contribution in [0.2, 0.25) is 0 Å². The van der Waals surface area contributed by atoms with Crippen molar-refractivity contribution in [3.63, 3.8) is 0 Å². The van der Waals surface area contributed by atoms with Crippen LogP contribution in [0.25, 0.3) is 10.8 Å². The number of carbonyl (C=O) groups excluding carboxylic acids is 3. The number of nitrogens with two attached hydrogens (primary N) is 1. The van der Waals surface area contributed by atoms with Gasteiger partial charge in [-0.1, -0.05) is 48.5 Å². The van der Waals surface area contributed by atoms with Gasteiger partial charge in [-0.25, -0.2) is 0 Å². The van der Waals surface area contributed by atoms with Gasteiger partial charge in [-0.2, -0.15) is 0 Å². The van der Waals surface area contributed by atoms with Crippen molar-refractivity contribution in [3.05, 3.63) is 78.4 Å². The zero-order valence-corrected chi connectivity index (χ0v) is 15.0. The lowest BCUT2D eigenvalue weighted by molar-refractivity contribution is -0.125. The Morgan fingerprint density at radius 1 is 0.929 bits per heavy atom. The summed E-state index contributed by atoms with van der Waals surface area (Å²) in [6.07, 6.45) is 0. The third-order valence-electron chi connectivity index (χ3n) is 5.05. The number of primary amides is 1. The summed E-state index contributed by atoms with van der Waals surface area (Å²) in [5.74, 6) is -2.16. The number of para-hydroxylation sites is 1. The van der Waals surface area contributed by atoms with E-state index in [-0.39, 0.29) is 12.5 Å². The van der Waals surface area contributed by atoms with Gasteiger partial charge < -0.3 is 16.0 Å². The molecule has 140 valence electrons. The number of hydrogen-bond acceptors (Lipinski definition) is 3. The zero-order chi connectivity index (χ0) is 19.7. The number of carbonyl (C=O) groups is 3. The van der Waals surface area contributed by atoms with Crippen molar-refractivity contribution in [3.8, 4) is 0 Å². The second-order valence-electron chi connectivity index (χ2n) is 6.81. The topological polar surface area (TPSA) is 92.5 Å². The van der Waals surface area contributed by atoms with Crippen LogP contribution in [-0.2, 0) is 9.59 Å². The minimum atomic E-state index is -0.989. The predicted molar refractivity (Wildman–Crippen MR) is 107 cm³/mol. The van der Waals surface area contributed by atoms with E-state index < -0.39 is 23.8 Å². The summed E-state index contributed by atoms with van der Waals surface area (Å²) >= 11 is 0. The molecule has 28 heavy (non-hydrogen) atoms. The summed E-state index contributed by atoms with van der Waals surface area (Å²) in [6.45, 7) is 0.140. The molecule has 1 aliphatic rings. The van der Waals surface area contributed by atoms with Gasteiger partial charge in [-0.05, 0) is 35.0 Å². The molecule has 6 nitrogen and oxygen atoms in total. The fraction of sp³-hybridized carbons (Fsp3) is 0.136. The van der Waals surface area contributed by atoms with Gasteiger partial charge in [0.25, 0.3) is 5.91 Å². The molecule has 0 spiro atoms. The van der Waals surface area contributed by atoms with Crippen molar-refractivity contribution in [2.75, 3.05) is 11.4 Å². The summed E-state index contributed by atoms with van der Waals surface area (Å²) in [5, 5.41) is 4.65. The fourth-order valence-corrected chi connectivity index (χ4v) is 3.54. The van der Waals surface area contributed by atoms with Crippen LogP contribution in [0.15, 0.2) is 72.8 Å². The molecule has 0 radical (unpaired) electrons. The monoisotopic (exact) mass is 373 g/mol. The van der Waals surface area contributed by atoms with E-state index in [1.807, 2.05) is 48.5 Å². The Bertz CT molecular complexity index is 1060. The quantitative estimate of drug-likeness (QED) is 0.733. The predicted octanol–water partition coefficient (Wildman–Crippen LogP) is 2.09. The van der Waals surface area contributed by atoms with Crippen LogP contribution in [0.3, 0.4) is 0 Å². The Balaban J connectivity index is 1.59. The molecule has 1 heterocycles. The zero-order valence-electron chi connectivity index (χ0n) is 15.0. The highest BCUT2D eigenvalue weighted by atomic mass is 16.2. The first-order chi connectivity index (χ1) is 13.5. The van der Waals surface area contributed by atoms with Crippen molar-refractivity contribution in [1.82, 2.24) is 5.32 Å². The lowest BCUT2D eigenvalue weighted by Gasteiger charge is -2.17. The molecule has 0 saturated carbocycles. The summed E-state index contributed by atoms with van der Waals surface area (Å²) < 4.78 is 0. The van der Waals surface area contributed by atoms with Crippen LogP contribution < -0.4 is 16.0 Å². The molecule has 0 aromatic heterocycles. The van der Waals surface area contributed by atoms with Crippen molar-refractivity contribution < 1.29 is 14.4 Å². The van der Waals surface area contributed by atoms with Crippen LogP contribution >= 0.6 is 0 Å². The molecule has 2 unspecified atom stereocenters. The molecule has 1 saturated heterocycles. The largest absolute Gasteiger partial charge is 0.369 e. The second kappa shape index (κ2) is 7.15. The first kappa shape index (κ1) is 17.7. The third kappa shape index (κ3) is 3.20. The number of anilines is 1. The van der Waals surface area contributed by atoms with E-state index in [1.54, 1.807) is 24.3 Å². The fourth-order valence-electron chi connectivity index (χ4n) is 3.54. The molecule has 2 atom stereocenters. The molecule has 4 rings (SSSR count). The number of nitrogens with zero attached hydrogens (tertiary/aromatic N) is 1. The van der Waals surface area contributed by atoms with E-state index in [0.717, 1.165) is 10.8 Å². The molecule has 3 amide bonds. The van der Waals surface area contributed by atoms with Crippen LogP contribution in [0.4, 0.5) is 5.69 Å². The lowest BCUT2D eigenvalue weighted by Crippen LogP contribution is -2.47. The average molecular weight is 373 g/mol. The standard InChI is InChI=1S/C22H19N3O3/c23-20(26)18-13-25(17-8-2-1-3-9-17)22(28)19(18)24-21(27)16-11-10-14-6-4-5-7-15(14)12-16/h1-12,18-19H,13H2,(H2,23,26)(H,24,27). The van der Waals surface area contributed by atoms with Gasteiger partial charge in [0.15, 0.2) is 0 Å². The Kier molecular flexibility index (Phi) is 4.53. The lowest BCUT2D eigenvalue weighted by atomic mass is 10.0. The van der Waals surface area contributed by atoms with Gasteiger partial charge in [0.05, 0.1) is 5.92 Å². The summed E-state index contributed by atoms with van der Waals surface area (Å²) in [6, 6.07) is 21.0. The van der Waals surface area contributed by atoms with Gasteiger partial charge in [-0.3, -0.25) is 14.4 Å².